The van der Waals surface area contributed by atoms with E-state index in [0.29, 0.717) is 15.8 Å². The summed E-state index contributed by atoms with van der Waals surface area (Å²) in [6, 6.07) is 16.0. The normalized spacial score (nSPS) is 10.8. The molecule has 41 heavy (non-hydrogen) atoms. The van der Waals surface area contributed by atoms with Gasteiger partial charge in [-0.3, -0.25) is 23.7 Å². The van der Waals surface area contributed by atoms with E-state index in [0.717, 1.165) is 17.1 Å². The highest BCUT2D eigenvalue weighted by Gasteiger charge is 2.40. The van der Waals surface area contributed by atoms with Crippen LogP contribution < -0.4 is 10.9 Å². The number of hydrogen-bond donors (Lipinski definition) is 5. The Hall–Kier alpha value is -4.79. The number of hydrogen-bond acceptors (Lipinski definition) is 8. The van der Waals surface area contributed by atoms with Crippen molar-refractivity contribution in [2.75, 3.05) is 0 Å². The highest BCUT2D eigenvalue weighted by Crippen LogP contribution is 2.21. The van der Waals surface area contributed by atoms with E-state index in [1.807, 2.05) is 41.1 Å². The Morgan fingerprint density at radius 2 is 1.56 bits per heavy atom. The number of thiophene rings is 1. The molecule has 0 aliphatic rings. The van der Waals surface area contributed by atoms with Gasteiger partial charge in [-0.1, -0.05) is 17.7 Å². The van der Waals surface area contributed by atoms with E-state index in [9.17, 15) is 24.0 Å². The molecule has 0 bridgehead atoms. The monoisotopic (exact) mass is 602 g/mol. The fourth-order valence-corrected chi connectivity index (χ4v) is 4.39. The molecule has 4 rings (SSSR count). The molecule has 0 spiro atoms. The summed E-state index contributed by atoms with van der Waals surface area (Å²) in [5.74, 6) is -5.20. The maximum absolute atomic E-state index is 12.1. The number of aliphatic hydroxyl groups is 1. The van der Waals surface area contributed by atoms with Crippen LogP contribution in [0.15, 0.2) is 78.1 Å². The zero-order chi connectivity index (χ0) is 30.2. The molecular weight excluding hydrogens is 580 g/mol. The number of amides is 1. The summed E-state index contributed by atoms with van der Waals surface area (Å²) in [5.41, 5.74) is -0.390. The number of aromatic nitrogens is 3. The van der Waals surface area contributed by atoms with Crippen molar-refractivity contribution in [1.29, 1.82) is 0 Å². The smallest absolute Gasteiger partial charge is 0.336 e. The molecule has 0 fully saturated rings. The highest BCUT2D eigenvalue weighted by atomic mass is 35.5. The van der Waals surface area contributed by atoms with Crippen molar-refractivity contribution < 1.29 is 39.6 Å². The molecule has 0 aliphatic carbocycles. The molecule has 13 nitrogen and oxygen atoms in total. The maximum atomic E-state index is 12.1. The van der Waals surface area contributed by atoms with Crippen LogP contribution in [0.5, 0.6) is 0 Å². The first-order chi connectivity index (χ1) is 19.4. The van der Waals surface area contributed by atoms with Crippen molar-refractivity contribution in [1.82, 2.24) is 19.4 Å². The Morgan fingerprint density at radius 1 is 0.927 bits per heavy atom. The van der Waals surface area contributed by atoms with Gasteiger partial charge in [-0.25, -0.2) is 9.78 Å². The number of benzene rings is 1. The molecule has 214 valence electrons. The number of rotatable bonds is 10. The average Bonchev–Trinajstić information content (AvgIpc) is 3.56. The summed E-state index contributed by atoms with van der Waals surface area (Å²) in [4.78, 5) is 59.4. The SMILES string of the molecule is O=C(NCc1cn(-c2ccc(-n3ccccc3=O)cc2)cn1)c1ccc(Cl)s1.O=C(O)CC(O)(CC(=O)O)C(=O)O. The zero-order valence-electron chi connectivity index (χ0n) is 21.0. The van der Waals surface area contributed by atoms with Gasteiger partial charge in [-0.05, 0) is 42.5 Å². The third-order valence-electron chi connectivity index (χ3n) is 5.40. The number of imidazole rings is 1. The van der Waals surface area contributed by atoms with Gasteiger partial charge in [0.15, 0.2) is 5.60 Å². The Labute approximate surface area is 240 Å². The first-order valence-corrected chi connectivity index (χ1v) is 12.8. The van der Waals surface area contributed by atoms with Crippen molar-refractivity contribution in [3.05, 3.63) is 98.6 Å². The lowest BCUT2D eigenvalue weighted by atomic mass is 9.96. The summed E-state index contributed by atoms with van der Waals surface area (Å²) in [6.45, 7) is 0.318. The van der Waals surface area contributed by atoms with E-state index in [1.54, 1.807) is 35.3 Å². The molecule has 1 aromatic carbocycles. The lowest BCUT2D eigenvalue weighted by molar-refractivity contribution is -0.170. The molecule has 1 amide bonds. The second kappa shape index (κ2) is 13.5. The van der Waals surface area contributed by atoms with E-state index < -0.39 is 36.4 Å². The number of carbonyl (C=O) groups excluding carboxylic acids is 1. The fourth-order valence-electron chi connectivity index (χ4n) is 3.43. The largest absolute Gasteiger partial charge is 0.481 e. The van der Waals surface area contributed by atoms with Crippen molar-refractivity contribution in [3.63, 3.8) is 0 Å². The second-order valence-electron chi connectivity index (χ2n) is 8.46. The van der Waals surface area contributed by atoms with Crippen LogP contribution in [0.25, 0.3) is 11.4 Å². The van der Waals surface area contributed by atoms with Crippen LogP contribution in [-0.2, 0) is 20.9 Å². The van der Waals surface area contributed by atoms with Gasteiger partial charge in [0.05, 0.1) is 40.6 Å². The molecular formula is C26H23ClN4O9S. The number of halogens is 1. The van der Waals surface area contributed by atoms with E-state index in [4.69, 9.17) is 32.0 Å². The summed E-state index contributed by atoms with van der Waals surface area (Å²) < 4.78 is 4.02. The first-order valence-electron chi connectivity index (χ1n) is 11.6. The summed E-state index contributed by atoms with van der Waals surface area (Å²) in [7, 11) is 0. The average molecular weight is 603 g/mol. The van der Waals surface area contributed by atoms with Crippen LogP contribution in [-0.4, -0.2) is 64.0 Å². The standard InChI is InChI=1S/C20H15ClN4O2S.C6H8O7/c21-18-9-8-17(28-18)20(27)22-11-14-12-24(13-23-14)15-4-6-16(7-5-15)25-10-2-1-3-19(25)26;7-3(8)1-6(13,5(11)12)2-4(9)10/h1-10,12-13H,11H2,(H,22,27);13H,1-2H2,(H,7,8)(H,9,10)(H,11,12). The predicted molar refractivity (Wildman–Crippen MR) is 147 cm³/mol. The lowest BCUT2D eigenvalue weighted by Crippen LogP contribution is -2.42. The lowest BCUT2D eigenvalue weighted by Gasteiger charge is -2.18. The third-order valence-corrected chi connectivity index (χ3v) is 6.63. The molecule has 0 unspecified atom stereocenters. The number of carboxylic acids is 3. The molecule has 0 atom stereocenters. The van der Waals surface area contributed by atoms with Gasteiger partial charge in [-0.15, -0.1) is 11.3 Å². The Kier molecular flexibility index (Phi) is 10.1. The molecule has 0 saturated carbocycles. The summed E-state index contributed by atoms with van der Waals surface area (Å²) >= 11 is 7.09. The predicted octanol–water partition coefficient (Wildman–Crippen LogP) is 2.42. The molecule has 0 radical (unpaired) electrons. The molecule has 15 heteroatoms. The van der Waals surface area contributed by atoms with E-state index in [-0.39, 0.29) is 11.5 Å². The minimum atomic E-state index is -2.74. The Balaban J connectivity index is 0.000000302. The minimum Gasteiger partial charge on any atom is -0.481 e. The van der Waals surface area contributed by atoms with Crippen LogP contribution in [0.3, 0.4) is 0 Å². The second-order valence-corrected chi connectivity index (χ2v) is 10.2. The van der Waals surface area contributed by atoms with Crippen LogP contribution >= 0.6 is 22.9 Å². The number of pyridine rings is 1. The van der Waals surface area contributed by atoms with Crippen LogP contribution in [0.1, 0.15) is 28.2 Å². The van der Waals surface area contributed by atoms with Crippen molar-refractivity contribution >= 4 is 46.8 Å². The number of nitrogens with zero attached hydrogens (tertiary/aromatic N) is 3. The van der Waals surface area contributed by atoms with Gasteiger partial charge in [0, 0.05) is 29.8 Å². The van der Waals surface area contributed by atoms with E-state index in [1.165, 1.54) is 17.4 Å². The fraction of sp³-hybridized carbons (Fsp3) is 0.154. The zero-order valence-corrected chi connectivity index (χ0v) is 22.6. The van der Waals surface area contributed by atoms with Gasteiger partial charge in [-0.2, -0.15) is 0 Å². The Morgan fingerprint density at radius 3 is 2.10 bits per heavy atom. The third kappa shape index (κ3) is 8.60. The topological polar surface area (TPSA) is 201 Å². The highest BCUT2D eigenvalue weighted by molar-refractivity contribution is 7.18. The molecule has 0 aliphatic heterocycles. The summed E-state index contributed by atoms with van der Waals surface area (Å²) in [6.07, 6.45) is 2.98. The molecule has 0 saturated heterocycles. The number of carbonyl (C=O) groups is 4. The van der Waals surface area contributed by atoms with Crippen molar-refractivity contribution in [2.45, 2.75) is 25.0 Å². The van der Waals surface area contributed by atoms with Crippen molar-refractivity contribution in [3.8, 4) is 11.4 Å². The Bertz CT molecular complexity index is 1600. The van der Waals surface area contributed by atoms with Crippen LogP contribution in [0.4, 0.5) is 0 Å². The number of carboxylic acid groups (broad SMARTS) is 3. The first kappa shape index (κ1) is 30.7. The molecule has 3 aromatic heterocycles. The van der Waals surface area contributed by atoms with Crippen molar-refractivity contribution in [2.24, 2.45) is 0 Å². The minimum absolute atomic E-state index is 0.0806. The van der Waals surface area contributed by atoms with E-state index in [2.05, 4.69) is 10.3 Å². The molecule has 3 heterocycles. The van der Waals surface area contributed by atoms with Gasteiger partial charge in [0.25, 0.3) is 11.5 Å². The van der Waals surface area contributed by atoms with E-state index >= 15 is 0 Å². The number of aliphatic carboxylic acids is 3. The summed E-state index contributed by atoms with van der Waals surface area (Å²) in [5, 5.41) is 36.6. The van der Waals surface area contributed by atoms with Gasteiger partial charge < -0.3 is 30.3 Å². The molecule has 4 aromatic rings. The van der Waals surface area contributed by atoms with Gasteiger partial charge in [0.1, 0.15) is 0 Å². The maximum Gasteiger partial charge on any atom is 0.336 e. The quantitative estimate of drug-likeness (QED) is 0.179. The van der Waals surface area contributed by atoms with Gasteiger partial charge >= 0.3 is 17.9 Å². The number of nitrogens with one attached hydrogen (secondary N) is 1. The van der Waals surface area contributed by atoms with Gasteiger partial charge in [0.2, 0.25) is 0 Å². The molecule has 5 N–H and O–H groups in total. The van der Waals surface area contributed by atoms with Crippen LogP contribution in [0, 0.1) is 0 Å². The van der Waals surface area contributed by atoms with Crippen LogP contribution in [0.2, 0.25) is 4.34 Å².